The van der Waals surface area contributed by atoms with Crippen LogP contribution in [0.3, 0.4) is 0 Å². The van der Waals surface area contributed by atoms with Crippen LogP contribution in [0.15, 0.2) is 60.5 Å². The fourth-order valence-corrected chi connectivity index (χ4v) is 5.08. The average Bonchev–Trinajstić information content (AvgIpc) is 3.51. The number of hydrogen-bond donors (Lipinski definition) is 1. The first kappa shape index (κ1) is 22.5. The van der Waals surface area contributed by atoms with Gasteiger partial charge in [0.2, 0.25) is 0 Å². The third-order valence-electron chi connectivity index (χ3n) is 5.75. The monoisotopic (exact) mass is 491 g/mol. The number of aliphatic hydroxyl groups is 1. The largest absolute Gasteiger partial charge is 0.487 e. The lowest BCUT2D eigenvalue weighted by Gasteiger charge is -2.18. The summed E-state index contributed by atoms with van der Waals surface area (Å²) >= 11 is 8.03. The minimum atomic E-state index is -0.325. The number of rotatable bonds is 7. The molecule has 0 aliphatic rings. The molecule has 4 aromatic heterocycles. The Balaban J connectivity index is 1.54. The summed E-state index contributed by atoms with van der Waals surface area (Å²) in [5.41, 5.74) is 5.25. The highest BCUT2D eigenvalue weighted by Gasteiger charge is 2.22. The number of thiazole rings is 1. The summed E-state index contributed by atoms with van der Waals surface area (Å²) in [6, 6.07) is 9.93. The van der Waals surface area contributed by atoms with Crippen molar-refractivity contribution in [1.29, 1.82) is 0 Å². The van der Waals surface area contributed by atoms with Crippen molar-refractivity contribution in [2.45, 2.75) is 19.4 Å². The van der Waals surface area contributed by atoms with Crippen molar-refractivity contribution in [1.82, 2.24) is 24.7 Å². The van der Waals surface area contributed by atoms with Crippen LogP contribution in [0, 0.1) is 6.92 Å². The van der Waals surface area contributed by atoms with E-state index in [-0.39, 0.29) is 19.1 Å². The van der Waals surface area contributed by atoms with Gasteiger partial charge in [-0.1, -0.05) is 23.7 Å². The van der Waals surface area contributed by atoms with Gasteiger partial charge in [-0.15, -0.1) is 11.3 Å². The number of pyridine rings is 2. The van der Waals surface area contributed by atoms with E-state index in [0.717, 1.165) is 44.0 Å². The van der Waals surface area contributed by atoms with E-state index < -0.39 is 0 Å². The highest BCUT2D eigenvalue weighted by atomic mass is 35.5. The second-order valence-electron chi connectivity index (χ2n) is 7.89. The highest BCUT2D eigenvalue weighted by molar-refractivity contribution is 7.09. The molecule has 9 heteroatoms. The lowest BCUT2D eigenvalue weighted by molar-refractivity contribution is 0.275. The van der Waals surface area contributed by atoms with Crippen LogP contribution < -0.4 is 4.74 Å². The van der Waals surface area contributed by atoms with Gasteiger partial charge in [0.05, 0.1) is 23.2 Å². The summed E-state index contributed by atoms with van der Waals surface area (Å²) in [5, 5.41) is 18.6. The van der Waals surface area contributed by atoms with Crippen molar-refractivity contribution in [3.63, 3.8) is 0 Å². The van der Waals surface area contributed by atoms with Gasteiger partial charge in [0.15, 0.2) is 0 Å². The molecule has 34 heavy (non-hydrogen) atoms. The molecule has 1 aromatic carbocycles. The Hall–Kier alpha value is -3.33. The second-order valence-corrected chi connectivity index (χ2v) is 9.22. The number of benzene rings is 1. The first-order valence-corrected chi connectivity index (χ1v) is 12.0. The summed E-state index contributed by atoms with van der Waals surface area (Å²) < 4.78 is 8.15. The Kier molecular flexibility index (Phi) is 6.28. The van der Waals surface area contributed by atoms with E-state index in [0.29, 0.717) is 10.8 Å². The van der Waals surface area contributed by atoms with Crippen molar-refractivity contribution in [2.75, 3.05) is 6.61 Å². The zero-order valence-corrected chi connectivity index (χ0v) is 20.2. The van der Waals surface area contributed by atoms with Crippen molar-refractivity contribution >= 4 is 33.8 Å². The highest BCUT2D eigenvalue weighted by Crippen LogP contribution is 2.35. The number of nitrogens with zero attached hydrogens (tertiary/aromatic N) is 5. The van der Waals surface area contributed by atoms with E-state index in [1.165, 1.54) is 11.3 Å². The summed E-state index contributed by atoms with van der Waals surface area (Å²) in [5.74, 6) is 0.326. The van der Waals surface area contributed by atoms with Crippen LogP contribution in [-0.4, -0.2) is 36.4 Å². The van der Waals surface area contributed by atoms with Crippen LogP contribution in [0.2, 0.25) is 5.02 Å². The number of aliphatic hydroxyl groups excluding tert-OH is 1. The van der Waals surface area contributed by atoms with Gasteiger partial charge in [-0.3, -0.25) is 9.67 Å². The molecule has 0 amide bonds. The fourth-order valence-electron chi connectivity index (χ4n) is 4.11. The van der Waals surface area contributed by atoms with E-state index in [1.807, 2.05) is 48.3 Å². The maximum Gasteiger partial charge on any atom is 0.146 e. The molecule has 1 N–H and O–H groups in total. The fraction of sp³-hybridized carbons (Fsp3) is 0.200. The topological polar surface area (TPSA) is 86.0 Å². The van der Waals surface area contributed by atoms with E-state index >= 15 is 0 Å². The third-order valence-corrected chi connectivity index (χ3v) is 6.96. The lowest BCUT2D eigenvalue weighted by atomic mass is 9.97. The number of aromatic nitrogens is 5. The molecule has 0 radical (unpaired) electrons. The van der Waals surface area contributed by atoms with Crippen molar-refractivity contribution < 1.29 is 9.84 Å². The summed E-state index contributed by atoms with van der Waals surface area (Å²) in [4.78, 5) is 13.4. The first-order valence-electron chi connectivity index (χ1n) is 10.7. The van der Waals surface area contributed by atoms with Gasteiger partial charge in [0, 0.05) is 59.4 Å². The maximum atomic E-state index is 10.1. The molecular weight excluding hydrogens is 470 g/mol. The van der Waals surface area contributed by atoms with Gasteiger partial charge < -0.3 is 9.84 Å². The SMILES string of the molecule is Cc1cc(-c2ccnn2C)c2cccc(OCc3c(Cl)cncc3C(CO)c3nccs3)c2n1. The quantitative estimate of drug-likeness (QED) is 0.339. The van der Waals surface area contributed by atoms with Gasteiger partial charge >= 0.3 is 0 Å². The van der Waals surface area contributed by atoms with Gasteiger partial charge in [-0.25, -0.2) is 9.97 Å². The van der Waals surface area contributed by atoms with Gasteiger partial charge in [0.25, 0.3) is 0 Å². The van der Waals surface area contributed by atoms with E-state index in [9.17, 15) is 5.11 Å². The van der Waals surface area contributed by atoms with Crippen LogP contribution in [0.25, 0.3) is 22.2 Å². The Labute approximate surface area is 205 Å². The lowest BCUT2D eigenvalue weighted by Crippen LogP contribution is -2.11. The normalized spacial score (nSPS) is 12.2. The second kappa shape index (κ2) is 9.50. The molecule has 7 nitrogen and oxygen atoms in total. The molecule has 0 saturated carbocycles. The number of hydrogen-bond acceptors (Lipinski definition) is 7. The molecule has 0 fully saturated rings. The van der Waals surface area contributed by atoms with Crippen LogP contribution >= 0.6 is 22.9 Å². The predicted octanol–water partition coefficient (Wildman–Crippen LogP) is 5.15. The Morgan fingerprint density at radius 3 is 2.82 bits per heavy atom. The molecule has 4 heterocycles. The Morgan fingerprint density at radius 2 is 2.09 bits per heavy atom. The third kappa shape index (κ3) is 4.16. The van der Waals surface area contributed by atoms with Gasteiger partial charge in [-0.2, -0.15) is 5.10 Å². The molecule has 1 unspecified atom stereocenters. The molecule has 172 valence electrons. The predicted molar refractivity (Wildman–Crippen MR) is 133 cm³/mol. The Morgan fingerprint density at radius 1 is 1.21 bits per heavy atom. The Bertz CT molecular complexity index is 1450. The minimum Gasteiger partial charge on any atom is -0.487 e. The molecule has 0 spiro atoms. The number of ether oxygens (including phenoxy) is 1. The van der Waals surface area contributed by atoms with Crippen molar-refractivity contribution in [3.05, 3.63) is 87.4 Å². The molecule has 1 atom stereocenters. The molecule has 5 rings (SSSR count). The summed E-state index contributed by atoms with van der Waals surface area (Å²) in [6.45, 7) is 2.06. The summed E-state index contributed by atoms with van der Waals surface area (Å²) in [7, 11) is 1.92. The van der Waals surface area contributed by atoms with Crippen LogP contribution in [0.4, 0.5) is 0 Å². The van der Waals surface area contributed by atoms with Crippen LogP contribution in [0.1, 0.15) is 27.7 Å². The van der Waals surface area contributed by atoms with Crippen molar-refractivity contribution in [2.24, 2.45) is 7.05 Å². The molecule has 0 saturated heterocycles. The minimum absolute atomic E-state index is 0.106. The van der Waals surface area contributed by atoms with Crippen LogP contribution in [0.5, 0.6) is 5.75 Å². The van der Waals surface area contributed by atoms with Crippen molar-refractivity contribution in [3.8, 4) is 17.0 Å². The summed E-state index contributed by atoms with van der Waals surface area (Å²) in [6.07, 6.45) is 6.82. The van der Waals surface area contributed by atoms with Crippen LogP contribution in [-0.2, 0) is 13.7 Å². The first-order chi connectivity index (χ1) is 16.6. The zero-order valence-electron chi connectivity index (χ0n) is 18.6. The van der Waals surface area contributed by atoms with E-state index in [4.69, 9.17) is 21.3 Å². The average molecular weight is 492 g/mol. The zero-order chi connectivity index (χ0) is 23.7. The molecule has 5 aromatic rings. The number of fused-ring (bicyclic) bond motifs is 1. The standard InChI is InChI=1S/C25H22ClN5O2S/c1-15-10-17(22-6-7-29-31(22)2)16-4-3-5-23(24(16)30-15)33-14-20-18(11-27-12-21(20)26)19(13-32)25-28-8-9-34-25/h3-12,19,32H,13-14H2,1-2H3. The molecular formula is C25H22ClN5O2S. The molecule has 0 aliphatic heterocycles. The van der Waals surface area contributed by atoms with Gasteiger partial charge in [0.1, 0.15) is 22.9 Å². The number of halogens is 1. The van der Waals surface area contributed by atoms with E-state index in [2.05, 4.69) is 21.1 Å². The van der Waals surface area contributed by atoms with Gasteiger partial charge in [-0.05, 0) is 30.7 Å². The van der Waals surface area contributed by atoms with E-state index in [1.54, 1.807) is 24.8 Å². The number of para-hydroxylation sites is 1. The smallest absolute Gasteiger partial charge is 0.146 e. The molecule has 0 bridgehead atoms. The number of aryl methyl sites for hydroxylation is 2. The maximum absolute atomic E-state index is 10.1. The molecule has 0 aliphatic carbocycles.